The van der Waals surface area contributed by atoms with E-state index >= 15 is 0 Å². The van der Waals surface area contributed by atoms with Crippen molar-refractivity contribution in [1.29, 1.82) is 0 Å². The molecule has 2 aliphatic rings. The van der Waals surface area contributed by atoms with Crippen LogP contribution in [-0.2, 0) is 9.53 Å². The third kappa shape index (κ3) is 6.46. The van der Waals surface area contributed by atoms with Gasteiger partial charge in [0.05, 0.1) is 32.4 Å². The SMILES string of the molecule is CCNC(=O)N1CCCN(CC2=C(C(=O)OCC)[C@@H](c3cc(OC)ccc3OC)NC(=O)N2CC)CC1. The normalized spacial score (nSPS) is 18.7. The number of urea groups is 2. The average Bonchev–Trinajstić information content (AvgIpc) is 3.14. The minimum absolute atomic E-state index is 0.0757. The first kappa shape index (κ1) is 28.1. The van der Waals surface area contributed by atoms with Crippen LogP contribution in [0.3, 0.4) is 0 Å². The van der Waals surface area contributed by atoms with Crippen LogP contribution in [0.25, 0.3) is 0 Å². The molecule has 0 aliphatic carbocycles. The molecule has 1 atom stereocenters. The third-order valence-corrected chi connectivity index (χ3v) is 6.57. The molecule has 1 fully saturated rings. The molecule has 2 N–H and O–H groups in total. The Morgan fingerprint density at radius 2 is 1.86 bits per heavy atom. The summed E-state index contributed by atoms with van der Waals surface area (Å²) in [7, 11) is 3.10. The Kier molecular flexibility index (Phi) is 10.0. The lowest BCUT2D eigenvalue weighted by molar-refractivity contribution is -0.139. The minimum Gasteiger partial charge on any atom is -0.497 e. The van der Waals surface area contributed by atoms with E-state index in [2.05, 4.69) is 15.5 Å². The lowest BCUT2D eigenvalue weighted by Crippen LogP contribution is -2.51. The van der Waals surface area contributed by atoms with Crippen molar-refractivity contribution in [1.82, 2.24) is 25.3 Å². The van der Waals surface area contributed by atoms with Crippen molar-refractivity contribution in [3.8, 4) is 11.5 Å². The number of carbonyl (C=O) groups is 3. The van der Waals surface area contributed by atoms with E-state index < -0.39 is 12.0 Å². The highest BCUT2D eigenvalue weighted by Gasteiger charge is 2.39. The zero-order valence-corrected chi connectivity index (χ0v) is 22.5. The van der Waals surface area contributed by atoms with Gasteiger partial charge in [-0.3, -0.25) is 9.80 Å². The fraction of sp³-hybridized carbons (Fsp3) is 0.577. The number of likely N-dealkylation sites (N-methyl/N-ethyl adjacent to an activating group) is 1. The number of esters is 1. The maximum Gasteiger partial charge on any atom is 0.338 e. The van der Waals surface area contributed by atoms with Crippen LogP contribution < -0.4 is 20.1 Å². The van der Waals surface area contributed by atoms with Crippen LogP contribution in [0.1, 0.15) is 38.8 Å². The maximum atomic E-state index is 13.4. The van der Waals surface area contributed by atoms with Gasteiger partial charge in [-0.15, -0.1) is 0 Å². The van der Waals surface area contributed by atoms with E-state index in [1.165, 1.54) is 0 Å². The molecule has 37 heavy (non-hydrogen) atoms. The molecule has 204 valence electrons. The van der Waals surface area contributed by atoms with Crippen LogP contribution in [0, 0.1) is 0 Å². The molecule has 0 radical (unpaired) electrons. The molecular weight excluding hydrogens is 478 g/mol. The van der Waals surface area contributed by atoms with Crippen LogP contribution >= 0.6 is 0 Å². The summed E-state index contributed by atoms with van der Waals surface area (Å²) < 4.78 is 16.5. The molecule has 3 rings (SSSR count). The van der Waals surface area contributed by atoms with E-state index in [1.807, 2.05) is 13.8 Å². The molecule has 11 nitrogen and oxygen atoms in total. The molecule has 0 unspecified atom stereocenters. The Balaban J connectivity index is 2.04. The van der Waals surface area contributed by atoms with Crippen molar-refractivity contribution in [3.63, 3.8) is 0 Å². The van der Waals surface area contributed by atoms with Gasteiger partial charge in [0.1, 0.15) is 11.5 Å². The van der Waals surface area contributed by atoms with E-state index in [0.29, 0.717) is 67.6 Å². The Morgan fingerprint density at radius 1 is 1.08 bits per heavy atom. The second-order valence-corrected chi connectivity index (χ2v) is 8.77. The molecule has 2 aliphatic heterocycles. The molecule has 2 heterocycles. The summed E-state index contributed by atoms with van der Waals surface area (Å²) in [5.41, 5.74) is 1.55. The number of hydrogen-bond donors (Lipinski definition) is 2. The van der Waals surface area contributed by atoms with E-state index in [0.717, 1.165) is 13.0 Å². The van der Waals surface area contributed by atoms with Crippen molar-refractivity contribution in [3.05, 3.63) is 35.0 Å². The first-order valence-electron chi connectivity index (χ1n) is 12.8. The highest BCUT2D eigenvalue weighted by atomic mass is 16.5. The summed E-state index contributed by atoms with van der Waals surface area (Å²) in [6.45, 7) is 9.57. The molecule has 0 bridgehead atoms. The summed E-state index contributed by atoms with van der Waals surface area (Å²) in [6, 6.07) is 4.11. The summed E-state index contributed by atoms with van der Waals surface area (Å²) in [4.78, 5) is 44.6. The predicted molar refractivity (Wildman–Crippen MR) is 139 cm³/mol. The van der Waals surface area contributed by atoms with Crippen LogP contribution in [-0.4, -0.2) is 99.4 Å². The van der Waals surface area contributed by atoms with Crippen LogP contribution in [0.2, 0.25) is 0 Å². The molecule has 11 heteroatoms. The molecule has 0 saturated carbocycles. The van der Waals surface area contributed by atoms with E-state index in [-0.39, 0.29) is 18.7 Å². The van der Waals surface area contributed by atoms with Gasteiger partial charge < -0.3 is 29.7 Å². The summed E-state index contributed by atoms with van der Waals surface area (Å²) in [6.07, 6.45) is 0.782. The molecule has 0 aromatic heterocycles. The predicted octanol–water partition coefficient (Wildman–Crippen LogP) is 2.34. The Morgan fingerprint density at radius 3 is 2.51 bits per heavy atom. The fourth-order valence-electron chi connectivity index (χ4n) is 4.76. The average molecular weight is 518 g/mol. The molecule has 1 saturated heterocycles. The quantitative estimate of drug-likeness (QED) is 0.484. The number of carbonyl (C=O) groups excluding carboxylic acids is 3. The van der Waals surface area contributed by atoms with Gasteiger partial charge in [-0.2, -0.15) is 0 Å². The van der Waals surface area contributed by atoms with Gasteiger partial charge in [-0.1, -0.05) is 0 Å². The van der Waals surface area contributed by atoms with Gasteiger partial charge in [-0.05, 0) is 45.4 Å². The van der Waals surface area contributed by atoms with E-state index in [9.17, 15) is 14.4 Å². The monoisotopic (exact) mass is 517 g/mol. The Bertz CT molecular complexity index is 1010. The zero-order chi connectivity index (χ0) is 26.9. The van der Waals surface area contributed by atoms with Gasteiger partial charge in [0.25, 0.3) is 0 Å². The topological polar surface area (TPSA) is 113 Å². The number of nitrogens with one attached hydrogen (secondary N) is 2. The number of benzene rings is 1. The number of ether oxygens (including phenoxy) is 3. The summed E-state index contributed by atoms with van der Waals surface area (Å²) in [5.74, 6) is 0.597. The van der Waals surface area contributed by atoms with Crippen LogP contribution in [0.15, 0.2) is 29.5 Å². The minimum atomic E-state index is -0.784. The Labute approximate surface area is 218 Å². The number of methoxy groups -OCH3 is 2. The van der Waals surface area contributed by atoms with Crippen molar-refractivity contribution in [2.45, 2.75) is 33.2 Å². The van der Waals surface area contributed by atoms with Crippen LogP contribution in [0.5, 0.6) is 11.5 Å². The van der Waals surface area contributed by atoms with E-state index in [4.69, 9.17) is 14.2 Å². The molecular formula is C26H39N5O6. The van der Waals surface area contributed by atoms with Crippen molar-refractivity contribution >= 4 is 18.0 Å². The van der Waals surface area contributed by atoms with E-state index in [1.54, 1.807) is 49.1 Å². The van der Waals surface area contributed by atoms with Gasteiger partial charge in [0, 0.05) is 57.1 Å². The highest BCUT2D eigenvalue weighted by Crippen LogP contribution is 2.38. The third-order valence-electron chi connectivity index (χ3n) is 6.57. The zero-order valence-electron chi connectivity index (χ0n) is 22.5. The Hall–Kier alpha value is -3.47. The standard InChI is InChI=1S/C26H39N5O6/c1-6-27-25(33)30-13-9-12-29(14-15-30)17-20-22(24(32)37-8-3)23(28-26(34)31(20)7-2)19-16-18(35-4)10-11-21(19)36-5/h10-11,16,23H,6-9,12-15,17H2,1-5H3,(H,27,33)(H,28,34)/t23-/m1/s1. The smallest absolute Gasteiger partial charge is 0.338 e. The fourth-order valence-corrected chi connectivity index (χ4v) is 4.76. The summed E-state index contributed by atoms with van der Waals surface area (Å²) >= 11 is 0. The van der Waals surface area contributed by atoms with Gasteiger partial charge in [-0.25, -0.2) is 14.4 Å². The largest absolute Gasteiger partial charge is 0.497 e. The molecule has 0 spiro atoms. The summed E-state index contributed by atoms with van der Waals surface area (Å²) in [5, 5.41) is 5.83. The first-order chi connectivity index (χ1) is 17.9. The molecule has 1 aromatic carbocycles. The van der Waals surface area contributed by atoms with Crippen LogP contribution in [0.4, 0.5) is 9.59 Å². The van der Waals surface area contributed by atoms with Gasteiger partial charge in [0.15, 0.2) is 0 Å². The van der Waals surface area contributed by atoms with Gasteiger partial charge in [0.2, 0.25) is 0 Å². The lowest BCUT2D eigenvalue weighted by Gasteiger charge is -2.38. The van der Waals surface area contributed by atoms with Gasteiger partial charge >= 0.3 is 18.0 Å². The van der Waals surface area contributed by atoms with Crippen molar-refractivity contribution in [2.24, 2.45) is 0 Å². The second-order valence-electron chi connectivity index (χ2n) is 8.77. The number of nitrogens with zero attached hydrogens (tertiary/aromatic N) is 3. The first-order valence-corrected chi connectivity index (χ1v) is 12.8. The molecule has 4 amide bonds. The maximum absolute atomic E-state index is 13.4. The molecule has 1 aromatic rings. The number of hydrogen-bond acceptors (Lipinski definition) is 7. The van der Waals surface area contributed by atoms with Crippen molar-refractivity contribution in [2.75, 3.05) is 66.6 Å². The highest BCUT2D eigenvalue weighted by molar-refractivity contribution is 5.95. The second kappa shape index (κ2) is 13.2. The number of rotatable bonds is 9. The van der Waals surface area contributed by atoms with Crippen molar-refractivity contribution < 1.29 is 28.6 Å². The lowest BCUT2D eigenvalue weighted by atomic mass is 9.93. The number of amides is 4.